The summed E-state index contributed by atoms with van der Waals surface area (Å²) in [5, 5.41) is 19.1. The maximum Gasteiger partial charge on any atom is 0.221 e. The summed E-state index contributed by atoms with van der Waals surface area (Å²) in [4.78, 5) is 11.3. The molecule has 3 atom stereocenters. The van der Waals surface area contributed by atoms with E-state index in [0.29, 0.717) is 11.8 Å². The third kappa shape index (κ3) is 5.64. The molecular weight excluding hydrogens is 378 g/mol. The summed E-state index contributed by atoms with van der Waals surface area (Å²) >= 11 is 0. The summed E-state index contributed by atoms with van der Waals surface area (Å²) in [6.45, 7) is 9.46. The van der Waals surface area contributed by atoms with Gasteiger partial charge in [-0.2, -0.15) is 0 Å². The highest BCUT2D eigenvalue weighted by atomic mass is 16.1. The minimum absolute atomic E-state index is 0.0825. The number of amides is 1. The number of tetrazole rings is 1. The van der Waals surface area contributed by atoms with Gasteiger partial charge in [-0.25, -0.2) is 4.68 Å². The van der Waals surface area contributed by atoms with E-state index in [1.807, 2.05) is 28.9 Å². The van der Waals surface area contributed by atoms with E-state index in [1.165, 1.54) is 32.6 Å². The fraction of sp³-hybridized carbons (Fsp3) is 0.636. The highest BCUT2D eigenvalue weighted by Gasteiger charge is 2.28. The van der Waals surface area contributed by atoms with Crippen LogP contribution in [0.5, 0.6) is 0 Å². The monoisotopic (exact) mass is 413 g/mol. The van der Waals surface area contributed by atoms with Gasteiger partial charge in [-0.05, 0) is 93.1 Å². The fourth-order valence-electron chi connectivity index (χ4n) is 4.26. The molecule has 1 saturated carbocycles. The van der Waals surface area contributed by atoms with Crippen molar-refractivity contribution in [2.75, 3.05) is 18.4 Å². The largest absolute Gasteiger partial charge is 0.330 e. The highest BCUT2D eigenvalue weighted by molar-refractivity contribution is 5.88. The number of anilines is 1. The van der Waals surface area contributed by atoms with Crippen molar-refractivity contribution in [2.45, 2.75) is 65.0 Å². The van der Waals surface area contributed by atoms with Gasteiger partial charge in [-0.15, -0.1) is 5.10 Å². The van der Waals surface area contributed by atoms with Gasteiger partial charge < -0.3 is 16.4 Å². The quantitative estimate of drug-likeness (QED) is 0.644. The standard InChI is InChI=1S/C22H35N7O/c1-15(30)25-19-10-8-18(9-11-19)20(21-26-27-28-29(21)22(2,3)4)24-14-17-7-5-6-16(12-17)13-23/h8-11,16-17,20,24H,5-7,12-14,23H2,1-4H3,(H,25,30). The Bertz CT molecular complexity index is 825. The van der Waals surface area contributed by atoms with Crippen LogP contribution in [-0.2, 0) is 10.3 Å². The van der Waals surface area contributed by atoms with Gasteiger partial charge in [0.25, 0.3) is 0 Å². The predicted octanol–water partition coefficient (Wildman–Crippen LogP) is 2.83. The first-order chi connectivity index (χ1) is 14.3. The molecule has 2 aromatic rings. The molecule has 0 spiro atoms. The van der Waals surface area contributed by atoms with Crippen LogP contribution in [-0.4, -0.2) is 39.2 Å². The molecule has 1 aliphatic carbocycles. The SMILES string of the molecule is CC(=O)Nc1ccc(C(NCC2CCCC(CN)C2)c2nnnn2C(C)(C)C)cc1. The molecule has 0 radical (unpaired) electrons. The normalized spacial score (nSPS) is 20.7. The van der Waals surface area contributed by atoms with E-state index in [-0.39, 0.29) is 17.5 Å². The zero-order valence-corrected chi connectivity index (χ0v) is 18.6. The smallest absolute Gasteiger partial charge is 0.221 e. The highest BCUT2D eigenvalue weighted by Crippen LogP contribution is 2.30. The van der Waals surface area contributed by atoms with E-state index in [1.54, 1.807) is 0 Å². The van der Waals surface area contributed by atoms with Crippen LogP contribution in [0.25, 0.3) is 0 Å². The van der Waals surface area contributed by atoms with E-state index < -0.39 is 0 Å². The Labute approximate surface area is 179 Å². The number of hydrogen-bond donors (Lipinski definition) is 3. The van der Waals surface area contributed by atoms with Crippen molar-refractivity contribution in [2.24, 2.45) is 17.6 Å². The number of hydrogen-bond acceptors (Lipinski definition) is 6. The number of rotatable bonds is 7. The van der Waals surface area contributed by atoms with Crippen molar-refractivity contribution in [3.63, 3.8) is 0 Å². The van der Waals surface area contributed by atoms with Gasteiger partial charge in [0, 0.05) is 12.6 Å². The van der Waals surface area contributed by atoms with Crippen LogP contribution in [0.15, 0.2) is 24.3 Å². The first-order valence-corrected chi connectivity index (χ1v) is 10.9. The first kappa shape index (κ1) is 22.4. The molecule has 0 aliphatic heterocycles. The molecule has 1 amide bonds. The minimum Gasteiger partial charge on any atom is -0.330 e. The molecule has 1 aliphatic rings. The Morgan fingerprint density at radius 2 is 1.93 bits per heavy atom. The zero-order chi connectivity index (χ0) is 21.7. The number of aromatic nitrogens is 4. The lowest BCUT2D eigenvalue weighted by Gasteiger charge is -2.30. The summed E-state index contributed by atoms with van der Waals surface area (Å²) in [7, 11) is 0. The molecule has 164 valence electrons. The second-order valence-corrected chi connectivity index (χ2v) is 9.40. The van der Waals surface area contributed by atoms with Gasteiger partial charge in [0.15, 0.2) is 5.82 Å². The minimum atomic E-state index is -0.232. The average Bonchev–Trinajstić information content (AvgIpc) is 3.19. The van der Waals surface area contributed by atoms with Gasteiger partial charge in [-0.3, -0.25) is 4.79 Å². The molecule has 1 aromatic heterocycles. The third-order valence-corrected chi connectivity index (χ3v) is 5.79. The van der Waals surface area contributed by atoms with Crippen molar-refractivity contribution in [1.29, 1.82) is 0 Å². The van der Waals surface area contributed by atoms with Gasteiger partial charge in [-0.1, -0.05) is 18.6 Å². The molecule has 30 heavy (non-hydrogen) atoms. The molecule has 0 saturated heterocycles. The van der Waals surface area contributed by atoms with E-state index in [4.69, 9.17) is 5.73 Å². The zero-order valence-electron chi connectivity index (χ0n) is 18.6. The third-order valence-electron chi connectivity index (χ3n) is 5.79. The number of carbonyl (C=O) groups is 1. The second kappa shape index (κ2) is 9.66. The lowest BCUT2D eigenvalue weighted by atomic mass is 9.81. The van der Waals surface area contributed by atoms with Gasteiger partial charge >= 0.3 is 0 Å². The molecule has 8 nitrogen and oxygen atoms in total. The number of nitrogens with one attached hydrogen (secondary N) is 2. The predicted molar refractivity (Wildman–Crippen MR) is 118 cm³/mol. The van der Waals surface area contributed by atoms with Crippen LogP contribution < -0.4 is 16.4 Å². The van der Waals surface area contributed by atoms with E-state index in [0.717, 1.165) is 30.2 Å². The molecule has 4 N–H and O–H groups in total. The Balaban J connectivity index is 1.84. The lowest BCUT2D eigenvalue weighted by Crippen LogP contribution is -2.35. The van der Waals surface area contributed by atoms with Crippen LogP contribution in [0.1, 0.15) is 70.8 Å². The molecule has 0 bridgehead atoms. The maximum atomic E-state index is 11.3. The molecule has 3 rings (SSSR count). The summed E-state index contributed by atoms with van der Waals surface area (Å²) in [5.74, 6) is 1.94. The maximum absolute atomic E-state index is 11.3. The van der Waals surface area contributed by atoms with Crippen LogP contribution in [0.2, 0.25) is 0 Å². The van der Waals surface area contributed by atoms with Crippen LogP contribution in [0.4, 0.5) is 5.69 Å². The van der Waals surface area contributed by atoms with Crippen molar-refractivity contribution in [1.82, 2.24) is 25.5 Å². The summed E-state index contributed by atoms with van der Waals surface area (Å²) < 4.78 is 1.88. The van der Waals surface area contributed by atoms with Gasteiger partial charge in [0.1, 0.15) is 0 Å². The topological polar surface area (TPSA) is 111 Å². The first-order valence-electron chi connectivity index (χ1n) is 10.9. The molecule has 1 heterocycles. The summed E-state index contributed by atoms with van der Waals surface area (Å²) in [5.41, 5.74) is 7.54. The Morgan fingerprint density at radius 3 is 2.57 bits per heavy atom. The number of nitrogens with zero attached hydrogens (tertiary/aromatic N) is 4. The molecule has 1 aromatic carbocycles. The van der Waals surface area contributed by atoms with Crippen LogP contribution in [0.3, 0.4) is 0 Å². The molecule has 3 unspecified atom stereocenters. The summed E-state index contributed by atoms with van der Waals surface area (Å²) in [6, 6.07) is 7.75. The van der Waals surface area contributed by atoms with E-state index >= 15 is 0 Å². The molecule has 1 fully saturated rings. The number of benzene rings is 1. The molecule has 8 heteroatoms. The second-order valence-electron chi connectivity index (χ2n) is 9.40. The average molecular weight is 414 g/mol. The number of nitrogens with two attached hydrogens (primary N) is 1. The van der Waals surface area contributed by atoms with Crippen molar-refractivity contribution in [3.8, 4) is 0 Å². The summed E-state index contributed by atoms with van der Waals surface area (Å²) in [6.07, 6.45) is 4.87. The van der Waals surface area contributed by atoms with Crippen LogP contribution in [0, 0.1) is 11.8 Å². The fourth-order valence-corrected chi connectivity index (χ4v) is 4.26. The van der Waals surface area contributed by atoms with Gasteiger partial charge in [0.05, 0.1) is 11.6 Å². The van der Waals surface area contributed by atoms with E-state index in [2.05, 4.69) is 46.9 Å². The Hall–Kier alpha value is -2.32. The molecular formula is C22H35N7O. The number of carbonyl (C=O) groups excluding carboxylic acids is 1. The Morgan fingerprint density at radius 1 is 1.23 bits per heavy atom. The van der Waals surface area contributed by atoms with Crippen LogP contribution >= 0.6 is 0 Å². The van der Waals surface area contributed by atoms with Crippen molar-refractivity contribution >= 4 is 11.6 Å². The Kier molecular flexibility index (Phi) is 7.20. The van der Waals surface area contributed by atoms with Crippen molar-refractivity contribution < 1.29 is 4.79 Å². The lowest BCUT2D eigenvalue weighted by molar-refractivity contribution is -0.114. The van der Waals surface area contributed by atoms with Gasteiger partial charge in [0.2, 0.25) is 5.91 Å². The van der Waals surface area contributed by atoms with E-state index in [9.17, 15) is 4.79 Å². The van der Waals surface area contributed by atoms with Crippen molar-refractivity contribution in [3.05, 3.63) is 35.7 Å².